The van der Waals surface area contributed by atoms with Gasteiger partial charge < -0.3 is 20.5 Å². The first-order chi connectivity index (χ1) is 8.81. The topological polar surface area (TPSA) is 99.4 Å². The van der Waals surface area contributed by atoms with Gasteiger partial charge in [0.15, 0.2) is 5.82 Å². The molecule has 1 aliphatic rings. The zero-order valence-corrected chi connectivity index (χ0v) is 11.3. The van der Waals surface area contributed by atoms with Gasteiger partial charge in [0.1, 0.15) is 17.0 Å². The minimum Gasteiger partial charge on any atom is -0.444 e. The normalized spacial score (nSPS) is 17.4. The lowest BCUT2D eigenvalue weighted by Crippen LogP contribution is -2.60. The zero-order valence-electron chi connectivity index (χ0n) is 11.3. The van der Waals surface area contributed by atoms with Crippen molar-refractivity contribution >= 4 is 11.9 Å². The summed E-state index contributed by atoms with van der Waals surface area (Å²) >= 11 is 0. The quantitative estimate of drug-likeness (QED) is 0.821. The number of nitrogens with one attached hydrogen (secondary N) is 1. The second-order valence-corrected chi connectivity index (χ2v) is 5.51. The molecule has 0 bridgehead atoms. The van der Waals surface area contributed by atoms with Crippen LogP contribution in [0.4, 0.5) is 10.6 Å². The van der Waals surface area contributed by atoms with E-state index in [-0.39, 0.29) is 0 Å². The Morgan fingerprint density at radius 2 is 2.21 bits per heavy atom. The monoisotopic (exact) mass is 266 g/mol. The first kappa shape index (κ1) is 13.5. The number of hydrogen-bond acceptors (Lipinski definition) is 6. The van der Waals surface area contributed by atoms with E-state index in [1.165, 1.54) is 0 Å². The van der Waals surface area contributed by atoms with Crippen molar-refractivity contribution in [2.45, 2.75) is 31.9 Å². The number of nitrogens with zero attached hydrogens (tertiary/aromatic N) is 2. The van der Waals surface area contributed by atoms with E-state index in [1.54, 1.807) is 33.0 Å². The Morgan fingerprint density at radius 1 is 1.53 bits per heavy atom. The number of amides is 1. The average molecular weight is 266 g/mol. The van der Waals surface area contributed by atoms with Crippen molar-refractivity contribution in [3.63, 3.8) is 0 Å². The maximum Gasteiger partial charge on any atom is 0.408 e. The molecule has 0 spiro atoms. The molecule has 19 heavy (non-hydrogen) atoms. The van der Waals surface area contributed by atoms with Crippen LogP contribution in [-0.2, 0) is 15.0 Å². The molecule has 1 saturated heterocycles. The minimum absolute atomic E-state index is 0.301. The van der Waals surface area contributed by atoms with Crippen molar-refractivity contribution in [2.75, 3.05) is 18.9 Å². The number of nitrogens with two attached hydrogens (primary N) is 1. The number of anilines is 1. The molecule has 104 valence electrons. The third-order valence-electron chi connectivity index (χ3n) is 2.54. The number of aromatic nitrogens is 2. The molecule has 1 aromatic heterocycles. The number of carbonyl (C=O) groups excluding carboxylic acids is 1. The van der Waals surface area contributed by atoms with Gasteiger partial charge in [0.25, 0.3) is 0 Å². The largest absolute Gasteiger partial charge is 0.444 e. The summed E-state index contributed by atoms with van der Waals surface area (Å²) in [5.74, 6) is 0.784. The maximum absolute atomic E-state index is 11.8. The Morgan fingerprint density at radius 3 is 2.68 bits per heavy atom. The fraction of sp³-hybridized carbons (Fsp3) is 0.583. The highest BCUT2D eigenvalue weighted by Gasteiger charge is 2.45. The average Bonchev–Trinajstić information content (AvgIpc) is 2.21. The summed E-state index contributed by atoms with van der Waals surface area (Å²) in [6, 6.07) is 1.59. The van der Waals surface area contributed by atoms with Crippen LogP contribution in [0.25, 0.3) is 0 Å². The molecule has 1 aromatic rings. The lowest BCUT2D eigenvalue weighted by Gasteiger charge is -2.40. The smallest absolute Gasteiger partial charge is 0.408 e. The number of nitrogen functional groups attached to an aromatic ring is 1. The van der Waals surface area contributed by atoms with E-state index in [2.05, 4.69) is 15.3 Å². The first-order valence-electron chi connectivity index (χ1n) is 5.99. The fourth-order valence-corrected chi connectivity index (χ4v) is 1.67. The molecule has 0 atom stereocenters. The van der Waals surface area contributed by atoms with Crippen LogP contribution in [-0.4, -0.2) is 34.9 Å². The molecule has 0 aliphatic carbocycles. The van der Waals surface area contributed by atoms with Crippen LogP contribution in [0.15, 0.2) is 12.3 Å². The number of hydrogen-bond donors (Lipinski definition) is 2. The second kappa shape index (κ2) is 4.65. The van der Waals surface area contributed by atoms with Crippen molar-refractivity contribution in [1.82, 2.24) is 15.3 Å². The Kier molecular flexibility index (Phi) is 3.32. The maximum atomic E-state index is 11.8. The molecule has 2 rings (SSSR count). The number of alkyl carbamates (subject to hydrolysis) is 1. The highest BCUT2D eigenvalue weighted by Crippen LogP contribution is 2.27. The van der Waals surface area contributed by atoms with Gasteiger partial charge >= 0.3 is 6.09 Å². The summed E-state index contributed by atoms with van der Waals surface area (Å²) in [7, 11) is 0. The highest BCUT2D eigenvalue weighted by molar-refractivity contribution is 5.69. The van der Waals surface area contributed by atoms with Crippen LogP contribution in [0.5, 0.6) is 0 Å². The van der Waals surface area contributed by atoms with Gasteiger partial charge in [-0.3, -0.25) is 0 Å². The summed E-state index contributed by atoms with van der Waals surface area (Å²) in [5.41, 5.74) is 4.32. The van der Waals surface area contributed by atoms with Crippen LogP contribution in [0.3, 0.4) is 0 Å². The van der Waals surface area contributed by atoms with Crippen LogP contribution in [0, 0.1) is 0 Å². The van der Waals surface area contributed by atoms with Gasteiger partial charge in [-0.05, 0) is 26.8 Å². The van der Waals surface area contributed by atoms with Gasteiger partial charge in [-0.15, -0.1) is 0 Å². The zero-order chi connectivity index (χ0) is 14.1. The molecule has 7 heteroatoms. The van der Waals surface area contributed by atoms with E-state index in [0.717, 1.165) is 0 Å². The molecule has 0 radical (unpaired) electrons. The molecule has 1 fully saturated rings. The van der Waals surface area contributed by atoms with E-state index in [1.807, 2.05) is 0 Å². The van der Waals surface area contributed by atoms with E-state index in [0.29, 0.717) is 24.9 Å². The van der Waals surface area contributed by atoms with Gasteiger partial charge in [0.2, 0.25) is 0 Å². The number of ether oxygens (including phenoxy) is 2. The molecule has 0 saturated carbocycles. The Labute approximate surface area is 111 Å². The van der Waals surface area contributed by atoms with Gasteiger partial charge in [-0.1, -0.05) is 0 Å². The minimum atomic E-state index is -0.752. The van der Waals surface area contributed by atoms with Crippen molar-refractivity contribution in [2.24, 2.45) is 0 Å². The van der Waals surface area contributed by atoms with Crippen LogP contribution in [0.1, 0.15) is 26.6 Å². The number of rotatable bonds is 2. The van der Waals surface area contributed by atoms with Crippen molar-refractivity contribution in [1.29, 1.82) is 0 Å². The second-order valence-electron chi connectivity index (χ2n) is 5.51. The van der Waals surface area contributed by atoms with Crippen molar-refractivity contribution < 1.29 is 14.3 Å². The Balaban J connectivity index is 2.13. The van der Waals surface area contributed by atoms with Gasteiger partial charge in [-0.2, -0.15) is 0 Å². The molecule has 7 nitrogen and oxygen atoms in total. The molecule has 0 unspecified atom stereocenters. The van der Waals surface area contributed by atoms with Crippen molar-refractivity contribution in [3.05, 3.63) is 18.1 Å². The predicted molar refractivity (Wildman–Crippen MR) is 68.3 cm³/mol. The lowest BCUT2D eigenvalue weighted by atomic mass is 9.96. The standard InChI is InChI=1S/C12H18N4O3/c1-11(2,3)19-10(17)16-12(6-18-7-12)9-14-5-4-8(13)15-9/h4-5H,6-7H2,1-3H3,(H,16,17)(H2,13,14,15). The van der Waals surface area contributed by atoms with Gasteiger partial charge in [0, 0.05) is 6.20 Å². The fourth-order valence-electron chi connectivity index (χ4n) is 1.67. The Bertz CT molecular complexity index is 480. The predicted octanol–water partition coefficient (Wildman–Crippen LogP) is 0.809. The van der Waals surface area contributed by atoms with Crippen LogP contribution >= 0.6 is 0 Å². The summed E-state index contributed by atoms with van der Waals surface area (Å²) < 4.78 is 10.4. The van der Waals surface area contributed by atoms with Gasteiger partial charge in [0.05, 0.1) is 13.2 Å². The molecular weight excluding hydrogens is 248 g/mol. The number of carbonyl (C=O) groups is 1. The van der Waals surface area contributed by atoms with E-state index >= 15 is 0 Å². The molecule has 1 amide bonds. The van der Waals surface area contributed by atoms with Crippen LogP contribution < -0.4 is 11.1 Å². The van der Waals surface area contributed by atoms with Crippen molar-refractivity contribution in [3.8, 4) is 0 Å². The molecule has 1 aliphatic heterocycles. The van der Waals surface area contributed by atoms with E-state index in [4.69, 9.17) is 15.2 Å². The summed E-state index contributed by atoms with van der Waals surface area (Å²) in [4.78, 5) is 20.1. The summed E-state index contributed by atoms with van der Waals surface area (Å²) in [5, 5.41) is 2.76. The molecule has 0 aromatic carbocycles. The Hall–Kier alpha value is -1.89. The van der Waals surface area contributed by atoms with E-state index in [9.17, 15) is 4.79 Å². The third-order valence-corrected chi connectivity index (χ3v) is 2.54. The lowest BCUT2D eigenvalue weighted by molar-refractivity contribution is -0.0839. The highest BCUT2D eigenvalue weighted by atomic mass is 16.6. The summed E-state index contributed by atoms with van der Waals surface area (Å²) in [6.45, 7) is 6.00. The third kappa shape index (κ3) is 3.11. The molecule has 3 N–H and O–H groups in total. The van der Waals surface area contributed by atoms with E-state index < -0.39 is 17.2 Å². The van der Waals surface area contributed by atoms with Crippen LogP contribution in [0.2, 0.25) is 0 Å². The SMILES string of the molecule is CC(C)(C)OC(=O)NC1(c2nccc(N)n2)COC1. The summed E-state index contributed by atoms with van der Waals surface area (Å²) in [6.07, 6.45) is 1.02. The van der Waals surface area contributed by atoms with Gasteiger partial charge in [-0.25, -0.2) is 14.8 Å². The molecule has 2 heterocycles. The molecular formula is C12H18N4O3. The first-order valence-corrected chi connectivity index (χ1v) is 5.99.